The van der Waals surface area contributed by atoms with Crippen LogP contribution in [0.5, 0.6) is 11.6 Å². The summed E-state index contributed by atoms with van der Waals surface area (Å²) < 4.78 is 16.2. The summed E-state index contributed by atoms with van der Waals surface area (Å²) in [7, 11) is 7.48. The van der Waals surface area contributed by atoms with Crippen molar-refractivity contribution in [3.63, 3.8) is 0 Å². The number of hydrogen-bond donors (Lipinski definition) is 0. The molecule has 2 heterocycles. The normalized spacial score (nSPS) is 9.89. The van der Waals surface area contributed by atoms with Crippen molar-refractivity contribution in [2.75, 3.05) is 51.2 Å². The summed E-state index contributed by atoms with van der Waals surface area (Å²) in [4.78, 5) is 9.21. The SMILES string of the molecule is CC.CC.CCCc1noc(C)c1-c1nc(OC)ccc1N(C)CCN(C)c1ccc(OC)cc1. The fourth-order valence-electron chi connectivity index (χ4n) is 3.55. The Morgan fingerprint density at radius 1 is 0.857 bits per heavy atom. The van der Waals surface area contributed by atoms with Crippen LogP contribution in [0.4, 0.5) is 11.4 Å². The third-order valence-corrected chi connectivity index (χ3v) is 5.41. The van der Waals surface area contributed by atoms with E-state index in [9.17, 15) is 0 Å². The van der Waals surface area contributed by atoms with Crippen molar-refractivity contribution in [1.82, 2.24) is 10.1 Å². The maximum Gasteiger partial charge on any atom is 0.213 e. The number of anilines is 2. The molecule has 7 heteroatoms. The molecule has 0 unspecified atom stereocenters. The molecule has 0 N–H and O–H groups in total. The van der Waals surface area contributed by atoms with E-state index >= 15 is 0 Å². The Labute approximate surface area is 212 Å². The molecule has 0 saturated carbocycles. The predicted octanol–water partition coefficient (Wildman–Crippen LogP) is 6.64. The van der Waals surface area contributed by atoms with Crippen LogP contribution in [0.2, 0.25) is 0 Å². The molecule has 0 aliphatic carbocycles. The number of aryl methyl sites for hydroxylation is 2. The molecule has 3 rings (SSSR count). The van der Waals surface area contributed by atoms with Crippen LogP contribution in [0.1, 0.15) is 52.5 Å². The Morgan fingerprint density at radius 2 is 1.49 bits per heavy atom. The smallest absolute Gasteiger partial charge is 0.213 e. The van der Waals surface area contributed by atoms with E-state index in [1.54, 1.807) is 14.2 Å². The molecule has 0 aliphatic heterocycles. The van der Waals surface area contributed by atoms with Crippen LogP contribution >= 0.6 is 0 Å². The first-order valence-electron chi connectivity index (χ1n) is 12.5. The molecular formula is C28H44N4O3. The van der Waals surface area contributed by atoms with E-state index in [0.717, 1.165) is 65.8 Å². The molecule has 0 saturated heterocycles. The Morgan fingerprint density at radius 3 is 2.06 bits per heavy atom. The summed E-state index contributed by atoms with van der Waals surface area (Å²) in [6.07, 6.45) is 1.83. The summed E-state index contributed by atoms with van der Waals surface area (Å²) in [5.41, 5.74) is 4.91. The minimum atomic E-state index is 0.575. The van der Waals surface area contributed by atoms with E-state index in [-0.39, 0.29) is 0 Å². The highest BCUT2D eigenvalue weighted by molar-refractivity contribution is 5.78. The second kappa shape index (κ2) is 15.6. The van der Waals surface area contributed by atoms with Crippen molar-refractivity contribution in [3.05, 3.63) is 47.9 Å². The van der Waals surface area contributed by atoms with Gasteiger partial charge in [0.15, 0.2) is 0 Å². The zero-order valence-electron chi connectivity index (χ0n) is 23.3. The average Bonchev–Trinajstić information content (AvgIpc) is 3.28. The molecule has 0 atom stereocenters. The number of aromatic nitrogens is 2. The van der Waals surface area contributed by atoms with Gasteiger partial charge in [0, 0.05) is 38.9 Å². The Bertz CT molecular complexity index is 986. The molecular weight excluding hydrogens is 440 g/mol. The largest absolute Gasteiger partial charge is 0.497 e. The zero-order chi connectivity index (χ0) is 26.4. The summed E-state index contributed by atoms with van der Waals surface area (Å²) in [6.45, 7) is 13.7. The van der Waals surface area contributed by atoms with Crippen molar-refractivity contribution >= 4 is 11.4 Å². The van der Waals surface area contributed by atoms with Crippen molar-refractivity contribution in [2.45, 2.75) is 54.4 Å². The molecule has 35 heavy (non-hydrogen) atoms. The van der Waals surface area contributed by atoms with Crippen LogP contribution in [-0.2, 0) is 6.42 Å². The summed E-state index contributed by atoms with van der Waals surface area (Å²) in [6, 6.07) is 12.0. The van der Waals surface area contributed by atoms with Crippen LogP contribution < -0.4 is 19.3 Å². The van der Waals surface area contributed by atoms with Gasteiger partial charge in [0.05, 0.1) is 31.2 Å². The van der Waals surface area contributed by atoms with Gasteiger partial charge in [-0.2, -0.15) is 0 Å². The maximum absolute atomic E-state index is 5.52. The highest BCUT2D eigenvalue weighted by atomic mass is 16.5. The second-order valence-corrected chi connectivity index (χ2v) is 7.57. The Hall–Kier alpha value is -3.22. The van der Waals surface area contributed by atoms with Crippen molar-refractivity contribution in [1.29, 1.82) is 0 Å². The van der Waals surface area contributed by atoms with Gasteiger partial charge in [0.1, 0.15) is 17.2 Å². The Kier molecular flexibility index (Phi) is 13.3. The quantitative estimate of drug-likeness (QED) is 0.319. The van der Waals surface area contributed by atoms with Crippen LogP contribution in [0, 0.1) is 6.92 Å². The highest BCUT2D eigenvalue weighted by Crippen LogP contribution is 2.35. The van der Waals surface area contributed by atoms with Gasteiger partial charge >= 0.3 is 0 Å². The van der Waals surface area contributed by atoms with Gasteiger partial charge in [-0.05, 0) is 43.7 Å². The van der Waals surface area contributed by atoms with Gasteiger partial charge in [-0.1, -0.05) is 46.2 Å². The molecule has 0 bridgehead atoms. The lowest BCUT2D eigenvalue weighted by molar-refractivity contribution is 0.390. The van der Waals surface area contributed by atoms with Crippen molar-refractivity contribution in [3.8, 4) is 22.9 Å². The lowest BCUT2D eigenvalue weighted by atomic mass is 10.0. The number of nitrogens with zero attached hydrogens (tertiary/aromatic N) is 4. The summed E-state index contributed by atoms with van der Waals surface area (Å²) >= 11 is 0. The van der Waals surface area contributed by atoms with Crippen LogP contribution in [0.15, 0.2) is 40.9 Å². The Balaban J connectivity index is 0.00000145. The lowest BCUT2D eigenvalue weighted by Crippen LogP contribution is -2.31. The van der Waals surface area contributed by atoms with E-state index in [1.807, 2.05) is 52.8 Å². The third kappa shape index (κ3) is 7.91. The topological polar surface area (TPSA) is 63.9 Å². The molecule has 3 aromatic rings. The summed E-state index contributed by atoms with van der Waals surface area (Å²) in [5, 5.41) is 4.27. The molecule has 0 spiro atoms. The van der Waals surface area contributed by atoms with Gasteiger partial charge in [0.2, 0.25) is 5.88 Å². The first kappa shape index (κ1) is 29.8. The second-order valence-electron chi connectivity index (χ2n) is 7.57. The molecule has 1 aromatic carbocycles. The van der Waals surface area contributed by atoms with Gasteiger partial charge in [0.25, 0.3) is 0 Å². The standard InChI is InChI=1S/C24H32N4O3.2C2H6/c1-7-8-20-23(17(2)31-26-20)24-21(13-14-22(25-24)30-6)28(4)16-15-27(3)18-9-11-19(29-5)12-10-18;2*1-2/h9-14H,7-8,15-16H2,1-6H3;2*1-2H3. The van der Waals surface area contributed by atoms with E-state index in [4.69, 9.17) is 19.0 Å². The van der Waals surface area contributed by atoms with Crippen molar-refractivity contribution < 1.29 is 14.0 Å². The lowest BCUT2D eigenvalue weighted by Gasteiger charge is -2.26. The van der Waals surface area contributed by atoms with Crippen LogP contribution in [0.3, 0.4) is 0 Å². The number of hydrogen-bond acceptors (Lipinski definition) is 7. The molecule has 0 amide bonds. The average molecular weight is 485 g/mol. The number of benzene rings is 1. The fourth-order valence-corrected chi connectivity index (χ4v) is 3.55. The minimum absolute atomic E-state index is 0.575. The number of pyridine rings is 1. The predicted molar refractivity (Wildman–Crippen MR) is 147 cm³/mol. The number of ether oxygens (including phenoxy) is 2. The maximum atomic E-state index is 5.52. The van der Waals surface area contributed by atoms with Gasteiger partial charge in [-0.25, -0.2) is 4.98 Å². The number of likely N-dealkylation sites (N-methyl/N-ethyl adjacent to an activating group) is 2. The highest BCUT2D eigenvalue weighted by Gasteiger charge is 2.21. The first-order chi connectivity index (χ1) is 17.0. The van der Waals surface area contributed by atoms with E-state index in [0.29, 0.717) is 5.88 Å². The zero-order valence-corrected chi connectivity index (χ0v) is 23.3. The molecule has 0 radical (unpaired) electrons. The summed E-state index contributed by atoms with van der Waals surface area (Å²) in [5.74, 6) is 2.20. The van der Waals surface area contributed by atoms with Crippen LogP contribution in [0.25, 0.3) is 11.3 Å². The van der Waals surface area contributed by atoms with Gasteiger partial charge in [-0.15, -0.1) is 0 Å². The number of rotatable bonds is 10. The van der Waals surface area contributed by atoms with Gasteiger partial charge in [-0.3, -0.25) is 0 Å². The van der Waals surface area contributed by atoms with E-state index < -0.39 is 0 Å². The molecule has 2 aromatic heterocycles. The van der Waals surface area contributed by atoms with E-state index in [1.165, 1.54) is 0 Å². The minimum Gasteiger partial charge on any atom is -0.497 e. The van der Waals surface area contributed by atoms with Crippen LogP contribution in [-0.4, -0.2) is 51.5 Å². The number of methoxy groups -OCH3 is 2. The van der Waals surface area contributed by atoms with E-state index in [2.05, 4.69) is 54.2 Å². The molecule has 0 aliphatic rings. The molecule has 194 valence electrons. The first-order valence-corrected chi connectivity index (χ1v) is 12.5. The van der Waals surface area contributed by atoms with Crippen molar-refractivity contribution in [2.24, 2.45) is 0 Å². The van der Waals surface area contributed by atoms with Gasteiger partial charge < -0.3 is 23.8 Å². The molecule has 7 nitrogen and oxygen atoms in total. The molecule has 0 fully saturated rings. The third-order valence-electron chi connectivity index (χ3n) is 5.41. The fraction of sp³-hybridized carbons (Fsp3) is 0.500. The monoisotopic (exact) mass is 484 g/mol.